The van der Waals surface area contributed by atoms with Gasteiger partial charge in [-0.05, 0) is 12.1 Å². The van der Waals surface area contributed by atoms with Crippen molar-refractivity contribution < 1.29 is 14.7 Å². The lowest BCUT2D eigenvalue weighted by atomic mass is 10.2. The number of carbonyl (C=O) groups excluding carboxylic acids is 2. The van der Waals surface area contributed by atoms with Gasteiger partial charge in [-0.15, -0.1) is 0 Å². The molecule has 0 atom stereocenters. The molecule has 1 fully saturated rings. The van der Waals surface area contributed by atoms with Crippen LogP contribution in [-0.4, -0.2) is 71.0 Å². The molecule has 1 aliphatic rings. The van der Waals surface area contributed by atoms with E-state index < -0.39 is 0 Å². The highest BCUT2D eigenvalue weighted by Crippen LogP contribution is 2.12. The average molecular weight is 292 g/mol. The zero-order valence-electron chi connectivity index (χ0n) is 12.1. The Labute approximate surface area is 123 Å². The third kappa shape index (κ3) is 4.24. The molecule has 0 aliphatic carbocycles. The van der Waals surface area contributed by atoms with Gasteiger partial charge in [0.15, 0.2) is 0 Å². The van der Waals surface area contributed by atoms with Crippen LogP contribution >= 0.6 is 0 Å². The molecule has 7 heteroatoms. The van der Waals surface area contributed by atoms with Crippen LogP contribution in [0, 0.1) is 0 Å². The smallest absolute Gasteiger partial charge is 0.254 e. The van der Waals surface area contributed by atoms with E-state index >= 15 is 0 Å². The van der Waals surface area contributed by atoms with E-state index in [1.807, 2.05) is 0 Å². The predicted octanol–water partition coefficient (Wildman–Crippen LogP) is -0.210. The van der Waals surface area contributed by atoms with Crippen molar-refractivity contribution in [3.8, 4) is 0 Å². The van der Waals surface area contributed by atoms with Crippen molar-refractivity contribution >= 4 is 17.6 Å². The first kappa shape index (κ1) is 15.4. The van der Waals surface area contributed by atoms with E-state index in [1.165, 1.54) is 13.1 Å². The summed E-state index contributed by atoms with van der Waals surface area (Å²) in [7, 11) is 0. The van der Waals surface area contributed by atoms with Crippen molar-refractivity contribution in [1.29, 1.82) is 0 Å². The summed E-state index contributed by atoms with van der Waals surface area (Å²) in [5.74, 6) is 0.102. The number of hydrogen-bond acceptors (Lipinski definition) is 5. The van der Waals surface area contributed by atoms with Crippen LogP contribution in [0.2, 0.25) is 0 Å². The van der Waals surface area contributed by atoms with Crippen molar-refractivity contribution in [3.63, 3.8) is 0 Å². The number of β-amino-alcohol motifs (C(OH)–C–C–N with tert-alkyl or cyclic N) is 1. The molecule has 2 N–H and O–H groups in total. The van der Waals surface area contributed by atoms with E-state index in [0.29, 0.717) is 31.0 Å². The number of hydrogen-bond donors (Lipinski definition) is 2. The van der Waals surface area contributed by atoms with E-state index in [-0.39, 0.29) is 18.4 Å². The second-order valence-electron chi connectivity index (χ2n) is 4.97. The van der Waals surface area contributed by atoms with Gasteiger partial charge in [-0.3, -0.25) is 14.5 Å². The quantitative estimate of drug-likeness (QED) is 0.802. The van der Waals surface area contributed by atoms with E-state index in [2.05, 4.69) is 15.2 Å². The molecule has 2 heterocycles. The van der Waals surface area contributed by atoms with Crippen LogP contribution in [0.3, 0.4) is 0 Å². The molecule has 0 aromatic carbocycles. The van der Waals surface area contributed by atoms with Gasteiger partial charge < -0.3 is 15.3 Å². The molecule has 114 valence electrons. The first-order valence-corrected chi connectivity index (χ1v) is 6.96. The zero-order valence-corrected chi connectivity index (χ0v) is 12.1. The summed E-state index contributed by atoms with van der Waals surface area (Å²) in [6, 6.07) is 3.23. The van der Waals surface area contributed by atoms with Gasteiger partial charge in [0.2, 0.25) is 5.91 Å². The maximum atomic E-state index is 12.4. The van der Waals surface area contributed by atoms with E-state index in [1.54, 1.807) is 17.0 Å². The van der Waals surface area contributed by atoms with Crippen LogP contribution in [0.5, 0.6) is 0 Å². The van der Waals surface area contributed by atoms with Gasteiger partial charge in [0.25, 0.3) is 5.91 Å². The first-order chi connectivity index (χ1) is 10.1. The molecule has 2 amide bonds. The molecular weight excluding hydrogens is 272 g/mol. The Morgan fingerprint density at radius 1 is 1.33 bits per heavy atom. The molecule has 2 rings (SSSR count). The van der Waals surface area contributed by atoms with Crippen LogP contribution in [0.15, 0.2) is 18.3 Å². The van der Waals surface area contributed by atoms with Gasteiger partial charge >= 0.3 is 0 Å². The molecule has 0 unspecified atom stereocenters. The number of anilines is 1. The minimum atomic E-state index is -0.218. The second kappa shape index (κ2) is 7.14. The highest BCUT2D eigenvalue weighted by molar-refractivity contribution is 5.96. The first-order valence-electron chi connectivity index (χ1n) is 6.96. The minimum absolute atomic E-state index is 0.0624. The van der Waals surface area contributed by atoms with Gasteiger partial charge in [0, 0.05) is 51.4 Å². The topological polar surface area (TPSA) is 85.8 Å². The lowest BCUT2D eigenvalue weighted by Crippen LogP contribution is -2.49. The third-order valence-corrected chi connectivity index (χ3v) is 3.39. The second-order valence-corrected chi connectivity index (χ2v) is 4.97. The van der Waals surface area contributed by atoms with Crippen molar-refractivity contribution in [2.75, 3.05) is 44.6 Å². The molecule has 0 radical (unpaired) electrons. The van der Waals surface area contributed by atoms with Crippen LogP contribution in [0.1, 0.15) is 17.3 Å². The van der Waals surface area contributed by atoms with Crippen molar-refractivity contribution in [2.24, 2.45) is 0 Å². The maximum Gasteiger partial charge on any atom is 0.254 e. The zero-order chi connectivity index (χ0) is 15.2. The number of aliphatic hydroxyl groups is 1. The molecule has 21 heavy (non-hydrogen) atoms. The van der Waals surface area contributed by atoms with Crippen molar-refractivity contribution in [2.45, 2.75) is 6.92 Å². The summed E-state index contributed by atoms with van der Waals surface area (Å²) >= 11 is 0. The number of nitrogens with one attached hydrogen (secondary N) is 1. The standard InChI is InChI=1S/C14H20N4O3/c1-11(20)16-13-10-12(2-3-15-13)14(21)18-6-4-17(5-7-18)8-9-19/h2-3,10,19H,4-9H2,1H3,(H,15,16,20). The Kier molecular flexibility index (Phi) is 5.24. The summed E-state index contributed by atoms with van der Waals surface area (Å²) in [6.07, 6.45) is 1.51. The summed E-state index contributed by atoms with van der Waals surface area (Å²) in [5.41, 5.74) is 0.518. The number of carbonyl (C=O) groups is 2. The van der Waals surface area contributed by atoms with Crippen molar-refractivity contribution in [3.05, 3.63) is 23.9 Å². The van der Waals surface area contributed by atoms with Gasteiger partial charge in [0.1, 0.15) is 5.82 Å². The summed E-state index contributed by atoms with van der Waals surface area (Å²) in [5, 5.41) is 11.5. The Hall–Kier alpha value is -1.99. The third-order valence-electron chi connectivity index (χ3n) is 3.39. The van der Waals surface area contributed by atoms with Gasteiger partial charge in [-0.2, -0.15) is 0 Å². The Morgan fingerprint density at radius 3 is 2.67 bits per heavy atom. The van der Waals surface area contributed by atoms with Gasteiger partial charge in [0.05, 0.1) is 6.61 Å². The number of piperazine rings is 1. The molecule has 0 spiro atoms. The molecule has 0 saturated carbocycles. The van der Waals surface area contributed by atoms with Crippen LogP contribution in [-0.2, 0) is 4.79 Å². The minimum Gasteiger partial charge on any atom is -0.395 e. The fraction of sp³-hybridized carbons (Fsp3) is 0.500. The average Bonchev–Trinajstić information content (AvgIpc) is 2.47. The molecule has 1 aromatic rings. The predicted molar refractivity (Wildman–Crippen MR) is 78.0 cm³/mol. The monoisotopic (exact) mass is 292 g/mol. The lowest BCUT2D eigenvalue weighted by Gasteiger charge is -2.34. The van der Waals surface area contributed by atoms with Gasteiger partial charge in [-0.25, -0.2) is 4.98 Å². The molecular formula is C14H20N4O3. The largest absolute Gasteiger partial charge is 0.395 e. The normalized spacial score (nSPS) is 15.8. The lowest BCUT2D eigenvalue weighted by molar-refractivity contribution is -0.114. The number of rotatable bonds is 4. The number of aliphatic hydroxyl groups excluding tert-OH is 1. The summed E-state index contributed by atoms with van der Waals surface area (Å²) < 4.78 is 0. The fourth-order valence-electron chi connectivity index (χ4n) is 2.31. The van der Waals surface area contributed by atoms with Gasteiger partial charge in [-0.1, -0.05) is 0 Å². The molecule has 1 saturated heterocycles. The highest BCUT2D eigenvalue weighted by atomic mass is 16.3. The molecule has 7 nitrogen and oxygen atoms in total. The molecule has 1 aliphatic heterocycles. The van der Waals surface area contributed by atoms with Crippen LogP contribution in [0.4, 0.5) is 5.82 Å². The number of pyridine rings is 1. The number of aromatic nitrogens is 1. The summed E-state index contributed by atoms with van der Waals surface area (Å²) in [6.45, 7) is 4.97. The number of amides is 2. The summed E-state index contributed by atoms with van der Waals surface area (Å²) in [4.78, 5) is 31.3. The molecule has 0 bridgehead atoms. The fourth-order valence-corrected chi connectivity index (χ4v) is 2.31. The Balaban J connectivity index is 1.99. The van der Waals surface area contributed by atoms with E-state index in [0.717, 1.165) is 13.1 Å². The maximum absolute atomic E-state index is 12.4. The van der Waals surface area contributed by atoms with E-state index in [9.17, 15) is 9.59 Å². The highest BCUT2D eigenvalue weighted by Gasteiger charge is 2.22. The van der Waals surface area contributed by atoms with Crippen LogP contribution in [0.25, 0.3) is 0 Å². The van der Waals surface area contributed by atoms with Crippen LogP contribution < -0.4 is 5.32 Å². The SMILES string of the molecule is CC(=O)Nc1cc(C(=O)N2CCN(CCO)CC2)ccn1. The van der Waals surface area contributed by atoms with Crippen molar-refractivity contribution in [1.82, 2.24) is 14.8 Å². The van der Waals surface area contributed by atoms with E-state index in [4.69, 9.17) is 5.11 Å². The number of nitrogens with zero attached hydrogens (tertiary/aromatic N) is 3. The Bertz CT molecular complexity index is 513. The molecule has 1 aromatic heterocycles. The Morgan fingerprint density at radius 2 is 2.05 bits per heavy atom.